The molecule has 0 spiro atoms. The summed E-state index contributed by atoms with van der Waals surface area (Å²) in [7, 11) is 0. The van der Waals surface area contributed by atoms with E-state index >= 15 is 0 Å². The Morgan fingerprint density at radius 3 is 1.45 bits per heavy atom. The summed E-state index contributed by atoms with van der Waals surface area (Å²) in [6, 6.07) is 0. The lowest BCUT2D eigenvalue weighted by Crippen LogP contribution is -2.35. The van der Waals surface area contributed by atoms with Gasteiger partial charge in [-0.1, -0.05) is 39.5 Å². The largest absolute Gasteiger partial charge is 0.438 e. The molecule has 0 fully saturated rings. The lowest BCUT2D eigenvalue weighted by Gasteiger charge is -2.15. The first kappa shape index (κ1) is 18.9. The first-order valence-electron chi connectivity index (χ1n) is 7.44. The normalized spacial score (nSPS) is 13.6. The second-order valence-corrected chi connectivity index (χ2v) is 4.88. The van der Waals surface area contributed by atoms with Crippen molar-refractivity contribution < 1.29 is 19.1 Å². The van der Waals surface area contributed by atoms with Gasteiger partial charge in [-0.2, -0.15) is 0 Å². The summed E-state index contributed by atoms with van der Waals surface area (Å²) in [6.07, 6.45) is 5.38. The Balaban J connectivity index is 3.87. The number of rotatable bonds is 10. The van der Waals surface area contributed by atoms with Gasteiger partial charge in [0.15, 0.2) is 12.5 Å². The molecule has 0 aliphatic carbocycles. The van der Waals surface area contributed by atoms with Crippen molar-refractivity contribution in [3.63, 3.8) is 0 Å². The van der Waals surface area contributed by atoms with Crippen molar-refractivity contribution in [3.8, 4) is 0 Å². The third-order valence-electron chi connectivity index (χ3n) is 2.87. The molecule has 4 N–H and O–H groups in total. The van der Waals surface area contributed by atoms with Crippen LogP contribution in [0.2, 0.25) is 0 Å². The molecule has 20 heavy (non-hydrogen) atoms. The highest BCUT2D eigenvalue weighted by Gasteiger charge is 2.22. The molecule has 0 amide bonds. The van der Waals surface area contributed by atoms with E-state index < -0.39 is 24.4 Å². The van der Waals surface area contributed by atoms with Gasteiger partial charge in [0, 0.05) is 0 Å². The topological polar surface area (TPSA) is 105 Å². The Bertz CT molecular complexity index is 256. The molecule has 0 aromatic heterocycles. The Morgan fingerprint density at radius 2 is 1.15 bits per heavy atom. The minimum Gasteiger partial charge on any atom is -0.438 e. The molecule has 0 saturated heterocycles. The lowest BCUT2D eigenvalue weighted by atomic mass is 10.2. The molecule has 0 bridgehead atoms. The minimum absolute atomic E-state index is 0.537. The molecule has 6 nitrogen and oxygen atoms in total. The van der Waals surface area contributed by atoms with Crippen molar-refractivity contribution >= 4 is 11.9 Å². The van der Waals surface area contributed by atoms with Crippen molar-refractivity contribution in [3.05, 3.63) is 0 Å². The van der Waals surface area contributed by atoms with Crippen molar-refractivity contribution in [2.75, 3.05) is 0 Å². The summed E-state index contributed by atoms with van der Waals surface area (Å²) in [5.41, 5.74) is 11.2. The van der Waals surface area contributed by atoms with E-state index in [1.54, 1.807) is 0 Å². The van der Waals surface area contributed by atoms with E-state index in [-0.39, 0.29) is 0 Å². The van der Waals surface area contributed by atoms with Crippen LogP contribution in [0.15, 0.2) is 0 Å². The molecule has 6 heteroatoms. The van der Waals surface area contributed by atoms with Crippen molar-refractivity contribution in [1.29, 1.82) is 0 Å². The van der Waals surface area contributed by atoms with E-state index in [9.17, 15) is 9.59 Å². The van der Waals surface area contributed by atoms with Gasteiger partial charge in [0.1, 0.15) is 0 Å². The molecular formula is C14H28N2O4. The number of carbonyl (C=O) groups is 2. The van der Waals surface area contributed by atoms with E-state index in [1.807, 2.05) is 0 Å². The Labute approximate surface area is 121 Å². The fraction of sp³-hybridized carbons (Fsp3) is 0.857. The molecule has 2 unspecified atom stereocenters. The van der Waals surface area contributed by atoms with Crippen molar-refractivity contribution in [2.45, 2.75) is 77.7 Å². The molecule has 118 valence electrons. The van der Waals surface area contributed by atoms with Crippen LogP contribution in [0.5, 0.6) is 0 Å². The van der Waals surface area contributed by atoms with Gasteiger partial charge in [0.2, 0.25) is 0 Å². The first-order chi connectivity index (χ1) is 9.51. The monoisotopic (exact) mass is 288 g/mol. The van der Waals surface area contributed by atoms with Gasteiger partial charge >= 0.3 is 11.9 Å². The third-order valence-corrected chi connectivity index (χ3v) is 2.87. The van der Waals surface area contributed by atoms with Gasteiger partial charge in [-0.25, -0.2) is 9.59 Å². The number of nitrogens with two attached hydrogens (primary N) is 2. The van der Waals surface area contributed by atoms with E-state index in [0.29, 0.717) is 12.8 Å². The number of hydrogen-bond acceptors (Lipinski definition) is 6. The summed E-state index contributed by atoms with van der Waals surface area (Å²) in [4.78, 5) is 22.8. The van der Waals surface area contributed by atoms with Crippen LogP contribution in [-0.2, 0) is 19.1 Å². The maximum absolute atomic E-state index is 11.4. The maximum atomic E-state index is 11.4. The second kappa shape index (κ2) is 11.7. The number of hydrogen-bond donors (Lipinski definition) is 2. The number of unbranched alkanes of at least 4 members (excludes halogenated alkanes) is 4. The predicted octanol–water partition coefficient (Wildman–Crippen LogP) is 1.80. The van der Waals surface area contributed by atoms with Crippen LogP contribution in [0.1, 0.15) is 65.2 Å². The SMILES string of the molecule is CCCCCC(N)OC(=O)C(=O)OC(N)CCCCC. The van der Waals surface area contributed by atoms with Gasteiger partial charge in [-0.3, -0.25) is 11.5 Å². The summed E-state index contributed by atoms with van der Waals surface area (Å²) in [5.74, 6) is -2.14. The molecule has 0 saturated carbocycles. The molecule has 0 aromatic rings. The van der Waals surface area contributed by atoms with E-state index in [2.05, 4.69) is 13.8 Å². The minimum atomic E-state index is -1.07. The fourth-order valence-corrected chi connectivity index (χ4v) is 1.68. The van der Waals surface area contributed by atoms with Gasteiger partial charge < -0.3 is 9.47 Å². The smallest absolute Gasteiger partial charge is 0.419 e. The quantitative estimate of drug-likeness (QED) is 0.275. The summed E-state index contributed by atoms with van der Waals surface area (Å²) in [6.45, 7) is 4.13. The zero-order valence-corrected chi connectivity index (χ0v) is 12.6. The highest BCUT2D eigenvalue weighted by atomic mass is 16.6. The molecule has 0 heterocycles. The highest BCUT2D eigenvalue weighted by Crippen LogP contribution is 2.05. The molecule has 0 radical (unpaired) electrons. The van der Waals surface area contributed by atoms with Crippen LogP contribution in [-0.4, -0.2) is 24.4 Å². The molecule has 0 aromatic carbocycles. The highest BCUT2D eigenvalue weighted by molar-refractivity contribution is 6.29. The molecule has 2 atom stereocenters. The maximum Gasteiger partial charge on any atom is 0.419 e. The van der Waals surface area contributed by atoms with Crippen LogP contribution < -0.4 is 11.5 Å². The second-order valence-electron chi connectivity index (χ2n) is 4.88. The fourth-order valence-electron chi connectivity index (χ4n) is 1.68. The predicted molar refractivity (Wildman–Crippen MR) is 76.4 cm³/mol. The van der Waals surface area contributed by atoms with E-state index in [4.69, 9.17) is 20.9 Å². The van der Waals surface area contributed by atoms with Crippen LogP contribution in [0, 0.1) is 0 Å². The Hall–Kier alpha value is -1.14. The van der Waals surface area contributed by atoms with Crippen LogP contribution in [0.3, 0.4) is 0 Å². The first-order valence-corrected chi connectivity index (χ1v) is 7.44. The lowest BCUT2D eigenvalue weighted by molar-refractivity contribution is -0.174. The van der Waals surface area contributed by atoms with Crippen molar-refractivity contribution in [2.24, 2.45) is 11.5 Å². The Morgan fingerprint density at radius 1 is 0.800 bits per heavy atom. The average molecular weight is 288 g/mol. The van der Waals surface area contributed by atoms with Crippen molar-refractivity contribution in [1.82, 2.24) is 0 Å². The number of esters is 2. The van der Waals surface area contributed by atoms with E-state index in [1.165, 1.54) is 0 Å². The summed E-state index contributed by atoms with van der Waals surface area (Å²) >= 11 is 0. The summed E-state index contributed by atoms with van der Waals surface area (Å²) < 4.78 is 9.59. The zero-order chi connectivity index (χ0) is 15.4. The molecule has 0 aliphatic heterocycles. The van der Waals surface area contributed by atoms with Gasteiger partial charge in [0.25, 0.3) is 0 Å². The number of ether oxygens (including phenoxy) is 2. The number of carbonyl (C=O) groups excluding carboxylic acids is 2. The van der Waals surface area contributed by atoms with Crippen LogP contribution in [0.4, 0.5) is 0 Å². The molecule has 0 aliphatic rings. The zero-order valence-electron chi connectivity index (χ0n) is 12.6. The molecular weight excluding hydrogens is 260 g/mol. The van der Waals surface area contributed by atoms with Gasteiger partial charge in [-0.15, -0.1) is 0 Å². The summed E-state index contributed by atoms with van der Waals surface area (Å²) in [5, 5.41) is 0. The molecule has 0 rings (SSSR count). The average Bonchev–Trinajstić information content (AvgIpc) is 2.39. The van der Waals surface area contributed by atoms with Crippen LogP contribution in [0.25, 0.3) is 0 Å². The van der Waals surface area contributed by atoms with E-state index in [0.717, 1.165) is 38.5 Å². The third kappa shape index (κ3) is 9.75. The van der Waals surface area contributed by atoms with Gasteiger partial charge in [-0.05, 0) is 25.7 Å². The van der Waals surface area contributed by atoms with Crippen LogP contribution >= 0.6 is 0 Å². The standard InChI is InChI=1S/C14H28N2O4/c1-3-5-7-9-11(15)19-13(17)14(18)20-12(16)10-8-6-4-2/h11-12H,3-10,15-16H2,1-2H3. The van der Waals surface area contributed by atoms with Gasteiger partial charge in [0.05, 0.1) is 0 Å². The Kier molecular flexibility index (Phi) is 11.0.